The van der Waals surface area contributed by atoms with Gasteiger partial charge in [-0.15, -0.1) is 0 Å². The van der Waals surface area contributed by atoms with Crippen molar-refractivity contribution in [2.45, 2.75) is 52.6 Å². The van der Waals surface area contributed by atoms with Crippen molar-refractivity contribution in [1.82, 2.24) is 0 Å². The van der Waals surface area contributed by atoms with Gasteiger partial charge in [0.2, 0.25) is 0 Å². The van der Waals surface area contributed by atoms with Gasteiger partial charge in [0, 0.05) is 12.5 Å². The van der Waals surface area contributed by atoms with E-state index in [-0.39, 0.29) is 12.0 Å². The minimum absolute atomic E-state index is 0.252. The van der Waals surface area contributed by atoms with Crippen molar-refractivity contribution < 1.29 is 14.6 Å². The maximum Gasteiger partial charge on any atom is 0.147 e. The zero-order valence-electron chi connectivity index (χ0n) is 12.5. The maximum absolute atomic E-state index is 9.99. The molecule has 5 atom stereocenters. The van der Waals surface area contributed by atoms with Gasteiger partial charge in [-0.25, -0.2) is 0 Å². The van der Waals surface area contributed by atoms with E-state index < -0.39 is 0 Å². The molecule has 0 aromatic carbocycles. The highest BCUT2D eigenvalue weighted by atomic mass is 16.7. The lowest BCUT2D eigenvalue weighted by molar-refractivity contribution is -0.244. The van der Waals surface area contributed by atoms with Crippen LogP contribution in [0.4, 0.5) is 0 Å². The molecule has 19 heavy (non-hydrogen) atoms. The number of hydrogen-bond acceptors (Lipinski definition) is 3. The SMILES string of the molecule is CC1(C)CCC[C@]2(C)[C@@H](CO)[C@@H]3COCO[C@@H]3C[C@@H]12. The van der Waals surface area contributed by atoms with Crippen molar-refractivity contribution in [3.05, 3.63) is 0 Å². The Kier molecular flexibility index (Phi) is 3.43. The minimum atomic E-state index is 0.252. The third-order valence-corrected chi connectivity index (χ3v) is 6.46. The van der Waals surface area contributed by atoms with Gasteiger partial charge in [-0.3, -0.25) is 0 Å². The average molecular weight is 268 g/mol. The molecule has 3 rings (SSSR count). The topological polar surface area (TPSA) is 38.7 Å². The van der Waals surface area contributed by atoms with Crippen LogP contribution in [-0.2, 0) is 9.47 Å². The smallest absolute Gasteiger partial charge is 0.147 e. The van der Waals surface area contributed by atoms with Crippen molar-refractivity contribution in [2.75, 3.05) is 20.0 Å². The van der Waals surface area contributed by atoms with Crippen LogP contribution in [-0.4, -0.2) is 31.2 Å². The Bertz CT molecular complexity index is 341. The van der Waals surface area contributed by atoms with Gasteiger partial charge in [0.1, 0.15) is 6.79 Å². The predicted octanol–water partition coefficient (Wildman–Crippen LogP) is 2.82. The van der Waals surface area contributed by atoms with E-state index in [4.69, 9.17) is 9.47 Å². The van der Waals surface area contributed by atoms with Gasteiger partial charge in [0.25, 0.3) is 0 Å². The third kappa shape index (κ3) is 2.05. The highest BCUT2D eigenvalue weighted by molar-refractivity contribution is 5.06. The van der Waals surface area contributed by atoms with Crippen molar-refractivity contribution in [3.63, 3.8) is 0 Å². The molecular weight excluding hydrogens is 240 g/mol. The highest BCUT2D eigenvalue weighted by Gasteiger charge is 2.58. The summed E-state index contributed by atoms with van der Waals surface area (Å²) in [5.74, 6) is 1.37. The molecule has 3 heteroatoms. The highest BCUT2D eigenvalue weighted by Crippen LogP contribution is 2.61. The normalized spacial score (nSPS) is 49.3. The molecule has 0 amide bonds. The number of rotatable bonds is 1. The fraction of sp³-hybridized carbons (Fsp3) is 1.00. The molecule has 2 saturated carbocycles. The molecule has 3 nitrogen and oxygen atoms in total. The first-order chi connectivity index (χ1) is 8.99. The van der Waals surface area contributed by atoms with Crippen LogP contribution in [0.5, 0.6) is 0 Å². The molecule has 0 bridgehead atoms. The van der Waals surface area contributed by atoms with Gasteiger partial charge in [0.15, 0.2) is 0 Å². The minimum Gasteiger partial charge on any atom is -0.396 e. The van der Waals surface area contributed by atoms with E-state index in [9.17, 15) is 5.11 Å². The molecule has 0 radical (unpaired) electrons. The zero-order chi connectivity index (χ0) is 13.7. The molecule has 0 spiro atoms. The molecule has 1 aliphatic heterocycles. The monoisotopic (exact) mass is 268 g/mol. The second-order valence-corrected chi connectivity index (χ2v) is 7.78. The Morgan fingerprint density at radius 1 is 1.21 bits per heavy atom. The summed E-state index contributed by atoms with van der Waals surface area (Å²) < 4.78 is 11.4. The first kappa shape index (κ1) is 13.8. The summed E-state index contributed by atoms with van der Waals surface area (Å²) in [6.07, 6.45) is 5.28. The van der Waals surface area contributed by atoms with E-state index in [2.05, 4.69) is 20.8 Å². The number of aliphatic hydroxyl groups is 1. The van der Waals surface area contributed by atoms with Gasteiger partial charge in [-0.1, -0.05) is 27.2 Å². The third-order valence-electron chi connectivity index (χ3n) is 6.46. The quantitative estimate of drug-likeness (QED) is 0.795. The summed E-state index contributed by atoms with van der Waals surface area (Å²) in [5.41, 5.74) is 0.620. The van der Waals surface area contributed by atoms with Crippen LogP contribution < -0.4 is 0 Å². The second-order valence-electron chi connectivity index (χ2n) is 7.78. The first-order valence-electron chi connectivity index (χ1n) is 7.79. The lowest BCUT2D eigenvalue weighted by Crippen LogP contribution is -2.59. The Morgan fingerprint density at radius 2 is 2.00 bits per heavy atom. The molecule has 2 aliphatic carbocycles. The molecule has 0 aromatic rings. The Labute approximate surface area is 116 Å². The van der Waals surface area contributed by atoms with Crippen LogP contribution in [0.15, 0.2) is 0 Å². The fourth-order valence-electron chi connectivity index (χ4n) is 5.43. The molecule has 0 unspecified atom stereocenters. The average Bonchev–Trinajstić information content (AvgIpc) is 2.36. The summed E-state index contributed by atoms with van der Waals surface area (Å²) in [6.45, 7) is 8.69. The van der Waals surface area contributed by atoms with Gasteiger partial charge in [-0.05, 0) is 41.9 Å². The molecule has 3 fully saturated rings. The summed E-state index contributed by atoms with van der Waals surface area (Å²) in [6, 6.07) is 0. The van der Waals surface area contributed by atoms with Crippen molar-refractivity contribution >= 4 is 0 Å². The number of hydrogen-bond donors (Lipinski definition) is 1. The molecule has 1 heterocycles. The van der Waals surface area contributed by atoms with Crippen LogP contribution in [0, 0.1) is 28.6 Å². The Morgan fingerprint density at radius 3 is 2.74 bits per heavy atom. The maximum atomic E-state index is 9.99. The van der Waals surface area contributed by atoms with Crippen LogP contribution in [0.1, 0.15) is 46.5 Å². The summed E-state index contributed by atoms with van der Waals surface area (Å²) in [5, 5.41) is 9.99. The van der Waals surface area contributed by atoms with Gasteiger partial charge < -0.3 is 14.6 Å². The van der Waals surface area contributed by atoms with Crippen molar-refractivity contribution in [3.8, 4) is 0 Å². The van der Waals surface area contributed by atoms with E-state index in [0.717, 1.165) is 13.0 Å². The van der Waals surface area contributed by atoms with E-state index in [1.807, 2.05) is 0 Å². The molecule has 1 saturated heterocycles. The van der Waals surface area contributed by atoms with Gasteiger partial charge in [0.05, 0.1) is 12.7 Å². The molecule has 3 aliphatic rings. The summed E-state index contributed by atoms with van der Waals surface area (Å²) in [7, 11) is 0. The lowest BCUT2D eigenvalue weighted by Gasteiger charge is -2.61. The summed E-state index contributed by atoms with van der Waals surface area (Å²) >= 11 is 0. The molecule has 110 valence electrons. The Balaban J connectivity index is 1.95. The summed E-state index contributed by atoms with van der Waals surface area (Å²) in [4.78, 5) is 0. The standard InChI is InChI=1S/C16H28O3/c1-15(2)5-4-6-16(3)12(8-17)11-9-18-10-19-13(11)7-14(15)16/h11-14,17H,4-10H2,1-3H3/t11-,12-,13+,14-,16+/m0/s1. The lowest BCUT2D eigenvalue weighted by atomic mass is 9.46. The second kappa shape index (κ2) is 4.71. The molecule has 0 aromatic heterocycles. The zero-order valence-corrected chi connectivity index (χ0v) is 12.5. The van der Waals surface area contributed by atoms with E-state index >= 15 is 0 Å². The van der Waals surface area contributed by atoms with Crippen molar-refractivity contribution in [2.24, 2.45) is 28.6 Å². The number of fused-ring (bicyclic) bond motifs is 2. The largest absolute Gasteiger partial charge is 0.396 e. The van der Waals surface area contributed by atoms with E-state index in [1.54, 1.807) is 0 Å². The van der Waals surface area contributed by atoms with Gasteiger partial charge in [-0.2, -0.15) is 0 Å². The molecule has 1 N–H and O–H groups in total. The van der Waals surface area contributed by atoms with Crippen molar-refractivity contribution in [1.29, 1.82) is 0 Å². The van der Waals surface area contributed by atoms with Crippen LogP contribution in [0.3, 0.4) is 0 Å². The first-order valence-corrected chi connectivity index (χ1v) is 7.79. The molecular formula is C16H28O3. The predicted molar refractivity (Wildman–Crippen MR) is 73.6 cm³/mol. The number of aliphatic hydroxyl groups excluding tert-OH is 1. The van der Waals surface area contributed by atoms with Gasteiger partial charge >= 0.3 is 0 Å². The van der Waals surface area contributed by atoms with E-state index in [0.29, 0.717) is 36.1 Å². The van der Waals surface area contributed by atoms with Crippen LogP contribution in [0.2, 0.25) is 0 Å². The Hall–Kier alpha value is -0.120. The van der Waals surface area contributed by atoms with Crippen LogP contribution >= 0.6 is 0 Å². The number of ether oxygens (including phenoxy) is 2. The fourth-order valence-corrected chi connectivity index (χ4v) is 5.43. The van der Waals surface area contributed by atoms with E-state index in [1.165, 1.54) is 19.3 Å². The van der Waals surface area contributed by atoms with Crippen LogP contribution in [0.25, 0.3) is 0 Å².